The van der Waals surface area contributed by atoms with Gasteiger partial charge >= 0.3 is 6.01 Å². The predicted molar refractivity (Wildman–Crippen MR) is 266 cm³/mol. The number of carbonyl (C=O) groups is 1. The van der Waals surface area contributed by atoms with Crippen molar-refractivity contribution in [3.8, 4) is 51.6 Å². The van der Waals surface area contributed by atoms with Gasteiger partial charge in [0.25, 0.3) is 0 Å². The number of piperazine rings is 1. The van der Waals surface area contributed by atoms with E-state index in [0.717, 1.165) is 118 Å². The predicted octanol–water partition coefficient (Wildman–Crippen LogP) is 8.38. The molecule has 4 fully saturated rings. The Morgan fingerprint density at radius 3 is 2.55 bits per heavy atom. The molecule has 6 aromatic rings. The van der Waals surface area contributed by atoms with Gasteiger partial charge in [0.2, 0.25) is 5.91 Å². The number of thiazole rings is 1. The number of terminal acetylenes is 1. The number of fused-ring (bicyclic) bond motifs is 4. The van der Waals surface area contributed by atoms with E-state index in [1.165, 1.54) is 24.3 Å². The summed E-state index contributed by atoms with van der Waals surface area (Å²) in [5, 5.41) is 18.7. The minimum Gasteiger partial charge on any atom is -0.508 e. The molecule has 0 radical (unpaired) electrons. The second-order valence-corrected chi connectivity index (χ2v) is 19.9. The number of likely N-dealkylation sites (N-methyl/N-ethyl adjacent to an activating group) is 1. The van der Waals surface area contributed by atoms with E-state index in [9.17, 15) is 9.90 Å². The van der Waals surface area contributed by atoms with Gasteiger partial charge in [0.15, 0.2) is 5.82 Å². The van der Waals surface area contributed by atoms with Gasteiger partial charge in [0.05, 0.1) is 39.7 Å². The van der Waals surface area contributed by atoms with Crippen molar-refractivity contribution in [2.24, 2.45) is 0 Å². The second kappa shape index (κ2) is 20.5. The third-order valence-corrected chi connectivity index (χ3v) is 15.4. The Hall–Kier alpha value is -5.99. The highest BCUT2D eigenvalue weighted by Gasteiger charge is 2.35. The van der Waals surface area contributed by atoms with Crippen molar-refractivity contribution >= 4 is 44.7 Å². The van der Waals surface area contributed by atoms with E-state index in [4.69, 9.17) is 25.9 Å². The number of aromatic nitrogens is 4. The molecule has 4 aliphatic heterocycles. The van der Waals surface area contributed by atoms with Crippen LogP contribution in [0.1, 0.15) is 81.0 Å². The number of carbonyl (C=O) groups excluding carboxylic acids is 1. The Labute approximate surface area is 405 Å². The molecule has 10 rings (SSSR count). The zero-order valence-electron chi connectivity index (χ0n) is 39.3. The van der Waals surface area contributed by atoms with Crippen molar-refractivity contribution in [1.29, 1.82) is 0 Å². The monoisotopic (exact) mass is 955 g/mol. The zero-order chi connectivity index (χ0) is 47.6. The number of ether oxygens (including phenoxy) is 2. The van der Waals surface area contributed by atoms with Gasteiger partial charge in [0.1, 0.15) is 40.4 Å². The molecule has 4 saturated heterocycles. The van der Waals surface area contributed by atoms with E-state index in [1.54, 1.807) is 17.5 Å². The van der Waals surface area contributed by atoms with Gasteiger partial charge < -0.3 is 35.0 Å². The number of halogens is 2. The Kier molecular flexibility index (Phi) is 13.9. The summed E-state index contributed by atoms with van der Waals surface area (Å²) in [6.45, 7) is 8.11. The summed E-state index contributed by atoms with van der Waals surface area (Å²) in [5.74, 6) is 2.37. The van der Waals surface area contributed by atoms with Gasteiger partial charge in [-0.25, -0.2) is 13.8 Å². The molecule has 16 heteroatoms. The number of phenols is 1. The van der Waals surface area contributed by atoms with Crippen molar-refractivity contribution in [2.45, 2.75) is 102 Å². The number of hydrogen-bond donors (Lipinski definition) is 3. The number of likely N-dealkylation sites (tertiary alicyclic amines) is 2. The van der Waals surface area contributed by atoms with Crippen LogP contribution < -0.4 is 25.0 Å². The van der Waals surface area contributed by atoms with Crippen LogP contribution in [0, 0.1) is 30.9 Å². The van der Waals surface area contributed by atoms with Crippen molar-refractivity contribution in [1.82, 2.24) is 40.4 Å². The van der Waals surface area contributed by atoms with E-state index >= 15 is 8.78 Å². The van der Waals surface area contributed by atoms with Crippen molar-refractivity contribution in [3.63, 3.8) is 0 Å². The first-order chi connectivity index (χ1) is 33.6. The molecule has 0 saturated carbocycles. The normalized spacial score (nSPS) is 19.9. The number of hydrogen-bond acceptors (Lipinski definition) is 13. The molecule has 2 unspecified atom stereocenters. The van der Waals surface area contributed by atoms with E-state index in [-0.39, 0.29) is 57.5 Å². The average molecular weight is 956 g/mol. The Balaban J connectivity index is 0.759. The van der Waals surface area contributed by atoms with Crippen LogP contribution in [0.3, 0.4) is 0 Å². The minimum atomic E-state index is -0.728. The lowest BCUT2D eigenvalue weighted by Gasteiger charge is -2.35. The molecule has 3 aromatic heterocycles. The summed E-state index contributed by atoms with van der Waals surface area (Å²) < 4.78 is 45.0. The standard InChI is InChI=1S/C53H59F2N9O4S/c1-4-40-43(54)16-13-33-24-38(65)26-41(46(33)40)48-47(55)49-42(28-56-48)51(64-29-36-14-15-37(30-64)59-36)61-53(60-49)68-39-17-21-63(22-18-39)20-7-5-6-8-23-67-45-25-34(50-32(2)58-31-69-50)11-12-35(45)27-57-52(66)44-10-9-19-62(44)3/h1,11-13,16,24-26,28,31,36-37,39,44,59,65H,5-10,14-15,17-23,27,29-30H2,2-3H3,(H,57,66)/t36?,37?,44-/m0/s1. The van der Waals surface area contributed by atoms with E-state index < -0.39 is 11.6 Å². The molecule has 2 bridgehead atoms. The molecular formula is C53H59F2N9O4S. The highest BCUT2D eigenvalue weighted by Crippen LogP contribution is 2.40. The first-order valence-corrected chi connectivity index (χ1v) is 25.3. The van der Waals surface area contributed by atoms with Crippen LogP contribution in [0.25, 0.3) is 43.4 Å². The van der Waals surface area contributed by atoms with Crippen LogP contribution in [-0.4, -0.2) is 118 Å². The summed E-state index contributed by atoms with van der Waals surface area (Å²) in [7, 11) is 2.01. The first kappa shape index (κ1) is 46.7. The number of piperidine rings is 1. The smallest absolute Gasteiger partial charge is 0.319 e. The number of unbranched alkanes of at least 4 members (excludes halogenated alkanes) is 3. The van der Waals surface area contributed by atoms with Crippen molar-refractivity contribution < 1.29 is 28.2 Å². The fraction of sp³-hybridized carbons (Fsp3) is 0.453. The van der Waals surface area contributed by atoms with Gasteiger partial charge in [0, 0.05) is 67.5 Å². The number of anilines is 1. The molecule has 3 atom stereocenters. The highest BCUT2D eigenvalue weighted by atomic mass is 32.1. The number of aromatic hydroxyl groups is 1. The fourth-order valence-corrected chi connectivity index (χ4v) is 11.5. The summed E-state index contributed by atoms with van der Waals surface area (Å²) in [6, 6.07) is 12.4. The molecule has 69 heavy (non-hydrogen) atoms. The number of pyridine rings is 1. The molecule has 13 nitrogen and oxygen atoms in total. The number of rotatable bonds is 16. The van der Waals surface area contributed by atoms with Crippen molar-refractivity contribution in [3.05, 3.63) is 82.6 Å². The van der Waals surface area contributed by atoms with Crippen LogP contribution >= 0.6 is 11.3 Å². The third kappa shape index (κ3) is 10.1. The Morgan fingerprint density at radius 2 is 1.80 bits per heavy atom. The molecule has 0 aliphatic carbocycles. The SMILES string of the molecule is C#Cc1c(F)ccc2cc(O)cc(-c3ncc4c(N5CC6CCC(C5)N6)nc(OC5CCN(CCCCCCOc6cc(-c7scnc7C)ccc6CNC(=O)[C@@H]6CCCN6C)CC5)nc4c3F)c12. The molecular weight excluding hydrogens is 897 g/mol. The molecule has 7 heterocycles. The summed E-state index contributed by atoms with van der Waals surface area (Å²) in [4.78, 5) is 39.5. The maximum Gasteiger partial charge on any atom is 0.319 e. The second-order valence-electron chi connectivity index (χ2n) is 19.1. The zero-order valence-corrected chi connectivity index (χ0v) is 40.1. The lowest BCUT2D eigenvalue weighted by Crippen LogP contribution is -2.51. The molecule has 4 aliphatic rings. The molecule has 0 spiro atoms. The lowest BCUT2D eigenvalue weighted by molar-refractivity contribution is -0.125. The first-order valence-electron chi connectivity index (χ1n) is 24.4. The van der Waals surface area contributed by atoms with Crippen LogP contribution in [0.15, 0.2) is 54.2 Å². The number of nitrogens with zero attached hydrogens (tertiary/aromatic N) is 7. The minimum absolute atomic E-state index is 0.0363. The summed E-state index contributed by atoms with van der Waals surface area (Å²) >= 11 is 1.62. The number of aryl methyl sites for hydroxylation is 1. The summed E-state index contributed by atoms with van der Waals surface area (Å²) in [6.07, 6.45) is 16.9. The maximum atomic E-state index is 17.1. The number of benzene rings is 3. The van der Waals surface area contributed by atoms with Gasteiger partial charge in [-0.05, 0) is 114 Å². The van der Waals surface area contributed by atoms with Gasteiger partial charge in [-0.1, -0.05) is 37.0 Å². The Bertz CT molecular complexity index is 2890. The van der Waals surface area contributed by atoms with Crippen molar-refractivity contribution in [2.75, 3.05) is 57.8 Å². The van der Waals surface area contributed by atoms with Crippen LogP contribution in [0.2, 0.25) is 0 Å². The van der Waals surface area contributed by atoms with Gasteiger partial charge in [-0.3, -0.25) is 14.7 Å². The number of phenolic OH excluding ortho intramolecular Hbond substituents is 1. The number of amides is 1. The Morgan fingerprint density at radius 1 is 0.986 bits per heavy atom. The molecule has 3 aromatic carbocycles. The third-order valence-electron chi connectivity index (χ3n) is 14.4. The van der Waals surface area contributed by atoms with E-state index in [1.807, 2.05) is 19.5 Å². The molecule has 3 N–H and O–H groups in total. The van der Waals surface area contributed by atoms with Gasteiger partial charge in [-0.2, -0.15) is 9.97 Å². The van der Waals surface area contributed by atoms with Crippen LogP contribution in [0.4, 0.5) is 14.6 Å². The fourth-order valence-electron chi connectivity index (χ4n) is 10.7. The highest BCUT2D eigenvalue weighted by molar-refractivity contribution is 7.13. The van der Waals surface area contributed by atoms with Crippen LogP contribution in [0.5, 0.6) is 17.5 Å². The van der Waals surface area contributed by atoms with Gasteiger partial charge in [-0.15, -0.1) is 17.8 Å². The maximum absolute atomic E-state index is 17.1. The summed E-state index contributed by atoms with van der Waals surface area (Å²) in [5.41, 5.74) is 4.97. The number of nitrogens with one attached hydrogen (secondary N) is 2. The topological polar surface area (TPSA) is 141 Å². The van der Waals surface area contributed by atoms with Crippen LogP contribution in [-0.2, 0) is 11.3 Å². The van der Waals surface area contributed by atoms with E-state index in [0.29, 0.717) is 54.9 Å². The largest absolute Gasteiger partial charge is 0.508 e. The lowest BCUT2D eigenvalue weighted by atomic mass is 9.96. The average Bonchev–Trinajstić information content (AvgIpc) is 4.09. The van der Waals surface area contributed by atoms with E-state index in [2.05, 4.69) is 59.4 Å². The molecule has 1 amide bonds. The molecule has 360 valence electrons. The quantitative estimate of drug-likeness (QED) is 0.0634.